The van der Waals surface area contributed by atoms with Crippen LogP contribution in [-0.4, -0.2) is 22.8 Å². The fourth-order valence-corrected chi connectivity index (χ4v) is 1.68. The van der Waals surface area contributed by atoms with Crippen molar-refractivity contribution in [3.05, 3.63) is 41.3 Å². The second-order valence-corrected chi connectivity index (χ2v) is 4.11. The molecule has 0 aliphatic rings. The van der Waals surface area contributed by atoms with Crippen molar-refractivity contribution in [2.45, 2.75) is 13.1 Å². The second kappa shape index (κ2) is 5.55. The van der Waals surface area contributed by atoms with Crippen LogP contribution in [-0.2, 0) is 10.9 Å². The van der Waals surface area contributed by atoms with E-state index in [0.29, 0.717) is 6.07 Å². The fourth-order valence-electron chi connectivity index (χ4n) is 1.68. The Bertz CT molecular complexity index is 664. The third-order valence-corrected chi connectivity index (χ3v) is 2.59. The highest BCUT2D eigenvalue weighted by Crippen LogP contribution is 2.32. The molecule has 0 saturated carbocycles. The zero-order chi connectivity index (χ0) is 15.6. The van der Waals surface area contributed by atoms with Crippen LogP contribution in [0.15, 0.2) is 24.3 Å². The van der Waals surface area contributed by atoms with E-state index >= 15 is 0 Å². The van der Waals surface area contributed by atoms with Crippen molar-refractivity contribution in [3.63, 3.8) is 0 Å². The van der Waals surface area contributed by atoms with Crippen molar-refractivity contribution in [2.24, 2.45) is 0 Å². The zero-order valence-electron chi connectivity index (χ0n) is 10.8. The standard InChI is InChI=1S/C13H10F4N2O2/c1-2-21-12(20)11-6-10(18-19-11)7-3-8(13(15,16)17)5-9(14)4-7/h3-6H,2H2,1H3,(H,18,19). The fraction of sp³-hybridized carbons (Fsp3) is 0.231. The Balaban J connectivity index is 2.39. The molecular weight excluding hydrogens is 292 g/mol. The molecule has 21 heavy (non-hydrogen) atoms. The molecule has 1 N–H and O–H groups in total. The first kappa shape index (κ1) is 15.0. The Labute approximate surface area is 116 Å². The SMILES string of the molecule is CCOC(=O)c1cc(-c2cc(F)cc(C(F)(F)F)c2)n[nH]1. The van der Waals surface area contributed by atoms with Crippen molar-refractivity contribution >= 4 is 5.97 Å². The van der Waals surface area contributed by atoms with Gasteiger partial charge in [-0.15, -0.1) is 0 Å². The average Bonchev–Trinajstić information content (AvgIpc) is 2.87. The molecule has 4 nitrogen and oxygen atoms in total. The van der Waals surface area contributed by atoms with Gasteiger partial charge in [0.25, 0.3) is 0 Å². The minimum atomic E-state index is -4.67. The summed E-state index contributed by atoms with van der Waals surface area (Å²) in [5.74, 6) is -1.73. The number of H-pyrrole nitrogens is 1. The molecule has 0 unspecified atom stereocenters. The summed E-state index contributed by atoms with van der Waals surface area (Å²) in [5, 5.41) is 6.03. The van der Waals surface area contributed by atoms with Crippen LogP contribution in [0.1, 0.15) is 23.0 Å². The van der Waals surface area contributed by atoms with Crippen molar-refractivity contribution in [3.8, 4) is 11.3 Å². The molecule has 0 fully saturated rings. The number of nitrogens with one attached hydrogen (secondary N) is 1. The summed E-state index contributed by atoms with van der Waals surface area (Å²) >= 11 is 0. The number of aromatic amines is 1. The van der Waals surface area contributed by atoms with Gasteiger partial charge in [-0.2, -0.15) is 18.3 Å². The molecule has 0 radical (unpaired) electrons. The van der Waals surface area contributed by atoms with Gasteiger partial charge in [0.05, 0.1) is 17.9 Å². The minimum absolute atomic E-state index is 0.0167. The van der Waals surface area contributed by atoms with Crippen LogP contribution in [0.25, 0.3) is 11.3 Å². The van der Waals surface area contributed by atoms with Crippen LogP contribution in [0.3, 0.4) is 0 Å². The van der Waals surface area contributed by atoms with E-state index in [-0.39, 0.29) is 23.6 Å². The molecule has 8 heteroatoms. The molecule has 112 valence electrons. The lowest BCUT2D eigenvalue weighted by atomic mass is 10.1. The van der Waals surface area contributed by atoms with E-state index in [0.717, 1.165) is 12.1 Å². The van der Waals surface area contributed by atoms with E-state index in [1.165, 1.54) is 6.07 Å². The highest BCUT2D eigenvalue weighted by Gasteiger charge is 2.31. The monoisotopic (exact) mass is 302 g/mol. The van der Waals surface area contributed by atoms with Gasteiger partial charge in [0.15, 0.2) is 0 Å². The largest absolute Gasteiger partial charge is 0.461 e. The average molecular weight is 302 g/mol. The molecule has 0 bridgehead atoms. The first-order chi connectivity index (χ1) is 9.81. The van der Waals surface area contributed by atoms with Gasteiger partial charge in [0.1, 0.15) is 11.5 Å². The Morgan fingerprint density at radius 1 is 1.29 bits per heavy atom. The Kier molecular flexibility index (Phi) is 3.97. The predicted molar refractivity (Wildman–Crippen MR) is 64.9 cm³/mol. The van der Waals surface area contributed by atoms with Crippen LogP contribution in [0.4, 0.5) is 17.6 Å². The van der Waals surface area contributed by atoms with Crippen LogP contribution >= 0.6 is 0 Å². The van der Waals surface area contributed by atoms with E-state index in [4.69, 9.17) is 4.74 Å². The zero-order valence-corrected chi connectivity index (χ0v) is 10.8. The highest BCUT2D eigenvalue weighted by molar-refractivity contribution is 5.88. The summed E-state index contributed by atoms with van der Waals surface area (Å²) in [7, 11) is 0. The summed E-state index contributed by atoms with van der Waals surface area (Å²) in [6.07, 6.45) is -4.67. The smallest absolute Gasteiger partial charge is 0.416 e. The summed E-state index contributed by atoms with van der Waals surface area (Å²) < 4.78 is 55.9. The lowest BCUT2D eigenvalue weighted by Gasteiger charge is -2.08. The molecule has 1 aromatic carbocycles. The first-order valence-corrected chi connectivity index (χ1v) is 5.92. The van der Waals surface area contributed by atoms with E-state index in [2.05, 4.69) is 10.2 Å². The molecule has 1 aromatic heterocycles. The minimum Gasteiger partial charge on any atom is -0.461 e. The Hall–Kier alpha value is -2.38. The number of halogens is 4. The molecule has 0 aliphatic carbocycles. The number of aromatic nitrogens is 2. The molecule has 1 heterocycles. The lowest BCUT2D eigenvalue weighted by Crippen LogP contribution is -2.05. The summed E-state index contributed by atoms with van der Waals surface area (Å²) in [4.78, 5) is 11.4. The highest BCUT2D eigenvalue weighted by atomic mass is 19.4. The van der Waals surface area contributed by atoms with Crippen LogP contribution in [0.5, 0.6) is 0 Å². The lowest BCUT2D eigenvalue weighted by molar-refractivity contribution is -0.137. The molecule has 0 atom stereocenters. The van der Waals surface area contributed by atoms with Gasteiger partial charge in [-0.05, 0) is 31.2 Å². The van der Waals surface area contributed by atoms with Gasteiger partial charge >= 0.3 is 12.1 Å². The second-order valence-electron chi connectivity index (χ2n) is 4.11. The number of nitrogens with zero attached hydrogens (tertiary/aromatic N) is 1. The molecule has 0 aliphatic heterocycles. The van der Waals surface area contributed by atoms with Crippen molar-refractivity contribution in [1.29, 1.82) is 0 Å². The Morgan fingerprint density at radius 3 is 2.62 bits per heavy atom. The molecule has 2 rings (SSSR count). The van der Waals surface area contributed by atoms with Crippen molar-refractivity contribution in [1.82, 2.24) is 10.2 Å². The quantitative estimate of drug-likeness (QED) is 0.698. The molecule has 0 saturated heterocycles. The number of carbonyl (C=O) groups excluding carboxylic acids is 1. The maximum atomic E-state index is 13.3. The van der Waals surface area contributed by atoms with Crippen molar-refractivity contribution in [2.75, 3.05) is 6.61 Å². The summed E-state index contributed by atoms with van der Waals surface area (Å²) in [6.45, 7) is 1.75. The molecular formula is C13H10F4N2O2. The molecule has 0 amide bonds. The van der Waals surface area contributed by atoms with Crippen LogP contribution in [0, 0.1) is 5.82 Å². The van der Waals surface area contributed by atoms with Gasteiger partial charge in [0.2, 0.25) is 0 Å². The molecule has 0 spiro atoms. The summed E-state index contributed by atoms with van der Waals surface area (Å²) in [5.41, 5.74) is -1.22. The molecule has 2 aromatic rings. The van der Waals surface area contributed by atoms with Gasteiger partial charge < -0.3 is 4.74 Å². The number of benzene rings is 1. The first-order valence-electron chi connectivity index (χ1n) is 5.92. The van der Waals surface area contributed by atoms with Crippen molar-refractivity contribution < 1.29 is 27.1 Å². The predicted octanol–water partition coefficient (Wildman–Crippen LogP) is 3.41. The van der Waals surface area contributed by atoms with E-state index in [1.54, 1.807) is 6.92 Å². The number of hydrogen-bond donors (Lipinski definition) is 1. The third-order valence-electron chi connectivity index (χ3n) is 2.59. The van der Waals surface area contributed by atoms with E-state index < -0.39 is 23.5 Å². The number of rotatable bonds is 3. The normalized spacial score (nSPS) is 11.5. The van der Waals surface area contributed by atoms with Gasteiger partial charge in [-0.3, -0.25) is 5.10 Å². The van der Waals surface area contributed by atoms with Crippen LogP contribution in [0.2, 0.25) is 0 Å². The van der Waals surface area contributed by atoms with Crippen LogP contribution < -0.4 is 0 Å². The number of esters is 1. The van der Waals surface area contributed by atoms with Gasteiger partial charge in [0, 0.05) is 5.56 Å². The number of carbonyl (C=O) groups is 1. The maximum Gasteiger partial charge on any atom is 0.416 e. The topological polar surface area (TPSA) is 55.0 Å². The van der Waals surface area contributed by atoms with Gasteiger partial charge in [-0.1, -0.05) is 0 Å². The number of hydrogen-bond acceptors (Lipinski definition) is 3. The number of ether oxygens (including phenoxy) is 1. The number of alkyl halides is 3. The third kappa shape index (κ3) is 3.39. The maximum absolute atomic E-state index is 13.3. The van der Waals surface area contributed by atoms with E-state index in [9.17, 15) is 22.4 Å². The van der Waals surface area contributed by atoms with Gasteiger partial charge in [-0.25, -0.2) is 9.18 Å². The Morgan fingerprint density at radius 2 is 2.00 bits per heavy atom. The summed E-state index contributed by atoms with van der Waals surface area (Å²) in [6, 6.07) is 3.25. The van der Waals surface area contributed by atoms with E-state index in [1.807, 2.05) is 0 Å².